The van der Waals surface area contributed by atoms with Crippen molar-refractivity contribution in [1.29, 1.82) is 0 Å². The molecule has 17 heavy (non-hydrogen) atoms. The fourth-order valence-corrected chi connectivity index (χ4v) is 1.62. The van der Waals surface area contributed by atoms with Crippen molar-refractivity contribution in [1.82, 2.24) is 0 Å². The first kappa shape index (κ1) is 13.3. The maximum Gasteiger partial charge on any atom is 0.327 e. The Morgan fingerprint density at radius 3 is 2.00 bits per heavy atom. The summed E-state index contributed by atoms with van der Waals surface area (Å²) >= 11 is 0. The van der Waals surface area contributed by atoms with E-state index in [1.165, 1.54) is 21.3 Å². The van der Waals surface area contributed by atoms with Crippen LogP contribution in [0.5, 0.6) is 11.5 Å². The molecule has 94 valence electrons. The number of carbonyl (C=O) groups is 1. The largest absolute Gasteiger partial charge is 0.496 e. The molecule has 5 heteroatoms. The maximum atomic E-state index is 11.5. The van der Waals surface area contributed by atoms with Gasteiger partial charge < -0.3 is 19.9 Å². The molecule has 0 heterocycles. The Kier molecular flexibility index (Phi) is 4.34. The highest BCUT2D eigenvalue weighted by atomic mass is 16.5. The fourth-order valence-electron chi connectivity index (χ4n) is 1.62. The summed E-state index contributed by atoms with van der Waals surface area (Å²) in [6.07, 6.45) is 0. The number of ether oxygens (including phenoxy) is 3. The number of methoxy groups -OCH3 is 3. The van der Waals surface area contributed by atoms with E-state index in [4.69, 9.17) is 15.2 Å². The number of hydrogen-bond acceptors (Lipinski definition) is 5. The van der Waals surface area contributed by atoms with Crippen molar-refractivity contribution >= 4 is 5.97 Å². The van der Waals surface area contributed by atoms with Crippen LogP contribution in [0.15, 0.2) is 12.1 Å². The van der Waals surface area contributed by atoms with Crippen molar-refractivity contribution in [3.63, 3.8) is 0 Å². The normalized spacial score (nSPS) is 11.8. The monoisotopic (exact) mass is 239 g/mol. The summed E-state index contributed by atoms with van der Waals surface area (Å²) in [6.45, 7) is 1.90. The van der Waals surface area contributed by atoms with Crippen LogP contribution in [-0.4, -0.2) is 27.3 Å². The Bertz CT molecular complexity index is 392. The first-order valence-electron chi connectivity index (χ1n) is 5.11. The summed E-state index contributed by atoms with van der Waals surface area (Å²) in [7, 11) is 4.32. The smallest absolute Gasteiger partial charge is 0.327 e. The average Bonchev–Trinajstić information content (AvgIpc) is 2.35. The van der Waals surface area contributed by atoms with Crippen molar-refractivity contribution in [2.24, 2.45) is 5.73 Å². The SMILES string of the molecule is COC(=O)[C@@H](N)c1c(OC)cc(C)cc1OC. The number of aryl methyl sites for hydroxylation is 1. The number of benzene rings is 1. The Labute approximate surface area is 100 Å². The van der Waals surface area contributed by atoms with E-state index in [-0.39, 0.29) is 0 Å². The predicted octanol–water partition coefficient (Wildman–Crippen LogP) is 1.19. The second-order valence-corrected chi connectivity index (χ2v) is 3.58. The minimum absolute atomic E-state index is 0.493. The van der Waals surface area contributed by atoms with Crippen LogP contribution in [0.1, 0.15) is 17.2 Å². The van der Waals surface area contributed by atoms with Crippen LogP contribution in [0, 0.1) is 6.92 Å². The van der Waals surface area contributed by atoms with Gasteiger partial charge in [-0.15, -0.1) is 0 Å². The van der Waals surface area contributed by atoms with Gasteiger partial charge in [-0.2, -0.15) is 0 Å². The molecule has 0 unspecified atom stereocenters. The van der Waals surface area contributed by atoms with Crippen LogP contribution in [0.25, 0.3) is 0 Å². The molecule has 2 N–H and O–H groups in total. The summed E-state index contributed by atoms with van der Waals surface area (Å²) in [5, 5.41) is 0. The molecule has 0 aliphatic heterocycles. The second kappa shape index (κ2) is 5.54. The third-order valence-electron chi connectivity index (χ3n) is 2.45. The van der Waals surface area contributed by atoms with E-state index >= 15 is 0 Å². The minimum Gasteiger partial charge on any atom is -0.496 e. The van der Waals surface area contributed by atoms with Crippen molar-refractivity contribution in [2.45, 2.75) is 13.0 Å². The lowest BCUT2D eigenvalue weighted by Gasteiger charge is -2.18. The highest BCUT2D eigenvalue weighted by Gasteiger charge is 2.25. The van der Waals surface area contributed by atoms with Gasteiger partial charge in [0.25, 0.3) is 0 Å². The molecule has 1 aromatic carbocycles. The number of hydrogen-bond donors (Lipinski definition) is 1. The van der Waals surface area contributed by atoms with E-state index in [1.54, 1.807) is 12.1 Å². The lowest BCUT2D eigenvalue weighted by Crippen LogP contribution is -2.24. The first-order chi connectivity index (χ1) is 8.04. The first-order valence-corrected chi connectivity index (χ1v) is 5.11. The molecule has 1 atom stereocenters. The van der Waals surface area contributed by atoms with Crippen LogP contribution < -0.4 is 15.2 Å². The van der Waals surface area contributed by atoms with E-state index in [9.17, 15) is 4.79 Å². The number of carbonyl (C=O) groups excluding carboxylic acids is 1. The Balaban J connectivity index is 3.33. The van der Waals surface area contributed by atoms with E-state index < -0.39 is 12.0 Å². The molecule has 0 radical (unpaired) electrons. The summed E-state index contributed by atoms with van der Waals surface area (Å²) in [5.41, 5.74) is 7.27. The fraction of sp³-hybridized carbons (Fsp3) is 0.417. The van der Waals surface area contributed by atoms with E-state index in [0.717, 1.165) is 5.56 Å². The summed E-state index contributed by atoms with van der Waals surface area (Å²) < 4.78 is 15.1. The van der Waals surface area contributed by atoms with E-state index in [2.05, 4.69) is 4.74 Å². The second-order valence-electron chi connectivity index (χ2n) is 3.58. The molecule has 0 fully saturated rings. The lowest BCUT2D eigenvalue weighted by molar-refractivity contribution is -0.142. The molecule has 1 aromatic rings. The van der Waals surface area contributed by atoms with Gasteiger partial charge in [0.1, 0.15) is 17.5 Å². The quantitative estimate of drug-likeness (QED) is 0.799. The highest BCUT2D eigenvalue weighted by molar-refractivity contribution is 5.79. The van der Waals surface area contributed by atoms with Crippen LogP contribution in [0.4, 0.5) is 0 Å². The van der Waals surface area contributed by atoms with Crippen LogP contribution >= 0.6 is 0 Å². The average molecular weight is 239 g/mol. The van der Waals surface area contributed by atoms with Gasteiger partial charge in [0, 0.05) is 0 Å². The molecule has 0 saturated heterocycles. The third-order valence-corrected chi connectivity index (χ3v) is 2.45. The van der Waals surface area contributed by atoms with Gasteiger partial charge in [0.15, 0.2) is 0 Å². The number of esters is 1. The standard InChI is InChI=1S/C12H17NO4/c1-7-5-8(15-2)10(9(6-7)16-3)11(13)12(14)17-4/h5-6,11H,13H2,1-4H3/t11-/m0/s1. The predicted molar refractivity (Wildman–Crippen MR) is 63.2 cm³/mol. The van der Waals surface area contributed by atoms with Gasteiger partial charge >= 0.3 is 5.97 Å². The zero-order chi connectivity index (χ0) is 13.0. The van der Waals surface area contributed by atoms with Gasteiger partial charge in [-0.1, -0.05) is 0 Å². The lowest BCUT2D eigenvalue weighted by atomic mass is 10.0. The third kappa shape index (κ3) is 2.68. The van der Waals surface area contributed by atoms with Crippen molar-refractivity contribution < 1.29 is 19.0 Å². The summed E-state index contributed by atoms with van der Waals surface area (Å²) in [4.78, 5) is 11.5. The van der Waals surface area contributed by atoms with Crippen LogP contribution in [0.2, 0.25) is 0 Å². The summed E-state index contributed by atoms with van der Waals surface area (Å²) in [5.74, 6) is 0.491. The maximum absolute atomic E-state index is 11.5. The van der Waals surface area contributed by atoms with Gasteiger partial charge in [-0.3, -0.25) is 0 Å². The summed E-state index contributed by atoms with van der Waals surface area (Å²) in [6, 6.07) is 2.66. The molecule has 0 aliphatic carbocycles. The topological polar surface area (TPSA) is 70.8 Å². The van der Waals surface area contributed by atoms with Gasteiger partial charge in [0.05, 0.1) is 26.9 Å². The molecule has 0 spiro atoms. The molecule has 1 rings (SSSR count). The molecule has 0 amide bonds. The molecule has 0 saturated carbocycles. The van der Waals surface area contributed by atoms with E-state index in [1.807, 2.05) is 6.92 Å². The molecular weight excluding hydrogens is 222 g/mol. The Hall–Kier alpha value is -1.75. The minimum atomic E-state index is -0.925. The number of nitrogens with two attached hydrogens (primary N) is 1. The Morgan fingerprint density at radius 2 is 1.65 bits per heavy atom. The number of rotatable bonds is 4. The van der Waals surface area contributed by atoms with Crippen LogP contribution in [0.3, 0.4) is 0 Å². The molecule has 5 nitrogen and oxygen atoms in total. The molecular formula is C12H17NO4. The van der Waals surface area contributed by atoms with Gasteiger partial charge in [-0.05, 0) is 24.6 Å². The van der Waals surface area contributed by atoms with Crippen molar-refractivity contribution in [3.8, 4) is 11.5 Å². The zero-order valence-corrected chi connectivity index (χ0v) is 10.4. The van der Waals surface area contributed by atoms with E-state index in [0.29, 0.717) is 17.1 Å². The van der Waals surface area contributed by atoms with Gasteiger partial charge in [0.2, 0.25) is 0 Å². The Morgan fingerprint density at radius 1 is 1.18 bits per heavy atom. The molecule has 0 aliphatic rings. The van der Waals surface area contributed by atoms with Gasteiger partial charge in [-0.25, -0.2) is 4.79 Å². The van der Waals surface area contributed by atoms with Crippen LogP contribution in [-0.2, 0) is 9.53 Å². The highest BCUT2D eigenvalue weighted by Crippen LogP contribution is 2.34. The molecule has 0 aromatic heterocycles. The van der Waals surface area contributed by atoms with Crippen molar-refractivity contribution in [2.75, 3.05) is 21.3 Å². The van der Waals surface area contributed by atoms with Crippen molar-refractivity contribution in [3.05, 3.63) is 23.3 Å². The zero-order valence-electron chi connectivity index (χ0n) is 10.4. The molecule has 0 bridgehead atoms.